The Morgan fingerprint density at radius 3 is 2.50 bits per heavy atom. The molecule has 20 heavy (non-hydrogen) atoms. The third kappa shape index (κ3) is 4.94. The van der Waals surface area contributed by atoms with E-state index in [4.69, 9.17) is 9.47 Å². The predicted octanol–water partition coefficient (Wildman–Crippen LogP) is 2.20. The van der Waals surface area contributed by atoms with E-state index in [1.807, 2.05) is 20.8 Å². The molecule has 2 atom stereocenters. The fourth-order valence-corrected chi connectivity index (χ4v) is 2.93. The Kier molecular flexibility index (Phi) is 5.27. The summed E-state index contributed by atoms with van der Waals surface area (Å²) in [6.45, 7) is 6.94. The molecule has 5 nitrogen and oxygen atoms in total. The average molecular weight is 284 g/mol. The van der Waals surface area contributed by atoms with Crippen molar-refractivity contribution < 1.29 is 14.3 Å². The summed E-state index contributed by atoms with van der Waals surface area (Å²) >= 11 is 0. The second-order valence-corrected chi connectivity index (χ2v) is 6.87. The molecule has 2 fully saturated rings. The zero-order valence-corrected chi connectivity index (χ0v) is 12.9. The molecule has 2 N–H and O–H groups in total. The summed E-state index contributed by atoms with van der Waals surface area (Å²) in [6, 6.07) is 0.889. The van der Waals surface area contributed by atoms with Crippen molar-refractivity contribution in [2.45, 2.75) is 76.6 Å². The van der Waals surface area contributed by atoms with Crippen molar-refractivity contribution >= 4 is 6.09 Å². The normalized spacial score (nSPS) is 28.4. The largest absolute Gasteiger partial charge is 0.444 e. The van der Waals surface area contributed by atoms with Gasteiger partial charge in [0.1, 0.15) is 5.60 Å². The molecule has 1 saturated carbocycles. The monoisotopic (exact) mass is 284 g/mol. The smallest absolute Gasteiger partial charge is 0.408 e. The quantitative estimate of drug-likeness (QED) is 0.834. The van der Waals surface area contributed by atoms with E-state index in [0.29, 0.717) is 18.7 Å². The Labute approximate surface area is 121 Å². The van der Waals surface area contributed by atoms with Crippen LogP contribution in [0, 0.1) is 0 Å². The number of nitrogens with one attached hydrogen (secondary N) is 2. The third-order valence-electron chi connectivity index (χ3n) is 3.86. The van der Waals surface area contributed by atoms with Crippen molar-refractivity contribution in [2.24, 2.45) is 0 Å². The van der Waals surface area contributed by atoms with E-state index >= 15 is 0 Å². The highest BCUT2D eigenvalue weighted by molar-refractivity contribution is 5.68. The van der Waals surface area contributed by atoms with Crippen LogP contribution in [0.25, 0.3) is 0 Å². The molecule has 0 bridgehead atoms. The van der Waals surface area contributed by atoms with E-state index in [9.17, 15) is 4.79 Å². The van der Waals surface area contributed by atoms with Crippen LogP contribution in [0.15, 0.2) is 0 Å². The van der Waals surface area contributed by atoms with Gasteiger partial charge in [-0.25, -0.2) is 4.79 Å². The highest BCUT2D eigenvalue weighted by Gasteiger charge is 2.31. The molecule has 0 radical (unpaired) electrons. The molecule has 0 unspecified atom stereocenters. The van der Waals surface area contributed by atoms with Gasteiger partial charge in [0.25, 0.3) is 0 Å². The SMILES string of the molecule is CC(C)(C)OC(=O)N[C@H]1COCC[C@@H]1NC1CCCC1. The predicted molar refractivity (Wildman–Crippen MR) is 77.8 cm³/mol. The van der Waals surface area contributed by atoms with Crippen LogP contribution in [0.3, 0.4) is 0 Å². The third-order valence-corrected chi connectivity index (χ3v) is 3.86. The minimum absolute atomic E-state index is 0.000741. The van der Waals surface area contributed by atoms with E-state index in [0.717, 1.165) is 13.0 Å². The summed E-state index contributed by atoms with van der Waals surface area (Å²) in [5.41, 5.74) is -0.464. The average Bonchev–Trinajstić information content (AvgIpc) is 2.82. The van der Waals surface area contributed by atoms with Crippen LogP contribution in [-0.2, 0) is 9.47 Å². The summed E-state index contributed by atoms with van der Waals surface area (Å²) < 4.78 is 10.8. The Bertz CT molecular complexity index is 322. The molecule has 1 amide bonds. The Morgan fingerprint density at radius 1 is 1.15 bits per heavy atom. The lowest BCUT2D eigenvalue weighted by Crippen LogP contribution is -2.57. The number of carbonyl (C=O) groups is 1. The molecule has 1 saturated heterocycles. The first kappa shape index (κ1) is 15.6. The van der Waals surface area contributed by atoms with Crippen molar-refractivity contribution in [1.29, 1.82) is 0 Å². The molecular weight excluding hydrogens is 256 g/mol. The van der Waals surface area contributed by atoms with Gasteiger partial charge in [-0.3, -0.25) is 0 Å². The lowest BCUT2D eigenvalue weighted by atomic mass is 10.0. The summed E-state index contributed by atoms with van der Waals surface area (Å²) in [4.78, 5) is 11.9. The van der Waals surface area contributed by atoms with Gasteiger partial charge in [0.2, 0.25) is 0 Å². The minimum Gasteiger partial charge on any atom is -0.444 e. The lowest BCUT2D eigenvalue weighted by molar-refractivity contribution is 0.0239. The number of amides is 1. The van der Waals surface area contributed by atoms with Gasteiger partial charge in [-0.05, 0) is 40.0 Å². The molecule has 0 spiro atoms. The van der Waals surface area contributed by atoms with Crippen LogP contribution >= 0.6 is 0 Å². The zero-order valence-electron chi connectivity index (χ0n) is 12.9. The molecule has 2 aliphatic rings. The Hall–Kier alpha value is -0.810. The maximum Gasteiger partial charge on any atom is 0.408 e. The van der Waals surface area contributed by atoms with Crippen molar-refractivity contribution in [3.05, 3.63) is 0 Å². The minimum atomic E-state index is -0.464. The van der Waals surface area contributed by atoms with Gasteiger partial charge in [-0.15, -0.1) is 0 Å². The molecule has 5 heteroatoms. The number of alkyl carbamates (subject to hydrolysis) is 1. The van der Waals surface area contributed by atoms with Crippen molar-refractivity contribution in [3.8, 4) is 0 Å². The number of ether oxygens (including phenoxy) is 2. The fraction of sp³-hybridized carbons (Fsp3) is 0.933. The van der Waals surface area contributed by atoms with Gasteiger partial charge in [0, 0.05) is 18.7 Å². The first-order valence-electron chi connectivity index (χ1n) is 7.77. The molecular formula is C15H28N2O3. The van der Waals surface area contributed by atoms with Gasteiger partial charge in [0.15, 0.2) is 0 Å². The summed E-state index contributed by atoms with van der Waals surface area (Å²) in [7, 11) is 0. The van der Waals surface area contributed by atoms with E-state index < -0.39 is 5.60 Å². The van der Waals surface area contributed by atoms with Gasteiger partial charge in [-0.2, -0.15) is 0 Å². The Balaban J connectivity index is 1.84. The highest BCUT2D eigenvalue weighted by atomic mass is 16.6. The van der Waals surface area contributed by atoms with Gasteiger partial charge < -0.3 is 20.1 Å². The molecule has 0 aromatic heterocycles. The zero-order chi connectivity index (χ0) is 14.6. The van der Waals surface area contributed by atoms with E-state index in [2.05, 4.69) is 10.6 Å². The second kappa shape index (κ2) is 6.76. The van der Waals surface area contributed by atoms with E-state index in [1.54, 1.807) is 0 Å². The van der Waals surface area contributed by atoms with Crippen LogP contribution in [0.4, 0.5) is 4.79 Å². The van der Waals surface area contributed by atoms with Gasteiger partial charge in [0.05, 0.1) is 12.6 Å². The molecule has 116 valence electrons. The van der Waals surface area contributed by atoms with E-state index in [1.165, 1.54) is 25.7 Å². The molecule has 0 aromatic rings. The van der Waals surface area contributed by atoms with Crippen LogP contribution < -0.4 is 10.6 Å². The van der Waals surface area contributed by atoms with Crippen LogP contribution in [0.1, 0.15) is 52.9 Å². The number of hydrogen-bond donors (Lipinski definition) is 2. The van der Waals surface area contributed by atoms with Gasteiger partial charge in [-0.1, -0.05) is 12.8 Å². The fourth-order valence-electron chi connectivity index (χ4n) is 2.93. The first-order chi connectivity index (χ1) is 9.44. The maximum absolute atomic E-state index is 11.9. The standard InChI is InChI=1S/C15H28N2O3/c1-15(2,3)20-14(18)17-13-10-19-9-8-12(13)16-11-6-4-5-7-11/h11-13,16H,4-10H2,1-3H3,(H,17,18)/t12-,13-/m0/s1. The molecule has 0 aromatic carbocycles. The number of hydrogen-bond acceptors (Lipinski definition) is 4. The second-order valence-electron chi connectivity index (χ2n) is 6.87. The maximum atomic E-state index is 11.9. The topological polar surface area (TPSA) is 59.6 Å². The van der Waals surface area contributed by atoms with Crippen molar-refractivity contribution in [2.75, 3.05) is 13.2 Å². The summed E-state index contributed by atoms with van der Waals surface area (Å²) in [6.07, 6.45) is 5.70. The molecule has 1 heterocycles. The van der Waals surface area contributed by atoms with Crippen LogP contribution in [0.2, 0.25) is 0 Å². The van der Waals surface area contributed by atoms with Crippen LogP contribution in [-0.4, -0.2) is 43.0 Å². The number of carbonyl (C=O) groups excluding carboxylic acids is 1. The molecule has 1 aliphatic carbocycles. The molecule has 2 rings (SSSR count). The van der Waals surface area contributed by atoms with Crippen molar-refractivity contribution in [3.63, 3.8) is 0 Å². The first-order valence-corrected chi connectivity index (χ1v) is 7.77. The lowest BCUT2D eigenvalue weighted by Gasteiger charge is -2.35. The van der Waals surface area contributed by atoms with Gasteiger partial charge >= 0.3 is 6.09 Å². The summed E-state index contributed by atoms with van der Waals surface area (Å²) in [5.74, 6) is 0. The highest BCUT2D eigenvalue weighted by Crippen LogP contribution is 2.20. The number of rotatable bonds is 3. The molecule has 1 aliphatic heterocycles. The van der Waals surface area contributed by atoms with Crippen molar-refractivity contribution in [1.82, 2.24) is 10.6 Å². The summed E-state index contributed by atoms with van der Waals surface area (Å²) in [5, 5.41) is 6.64. The Morgan fingerprint density at radius 2 is 1.85 bits per heavy atom. The van der Waals surface area contributed by atoms with E-state index in [-0.39, 0.29) is 12.1 Å². The van der Waals surface area contributed by atoms with Crippen LogP contribution in [0.5, 0.6) is 0 Å².